The molecule has 3 rings (SSSR count). The molecule has 0 bridgehead atoms. The Morgan fingerprint density at radius 3 is 2.55 bits per heavy atom. The maximum absolute atomic E-state index is 12.4. The molecule has 0 saturated heterocycles. The average molecular weight is 505 g/mol. The minimum absolute atomic E-state index is 0.0959. The van der Waals surface area contributed by atoms with Crippen LogP contribution in [0.2, 0.25) is 0 Å². The van der Waals surface area contributed by atoms with E-state index in [0.29, 0.717) is 17.5 Å². The van der Waals surface area contributed by atoms with Gasteiger partial charge in [-0.3, -0.25) is 4.79 Å². The third-order valence-electron chi connectivity index (χ3n) is 4.57. The Kier molecular flexibility index (Phi) is 7.97. The predicted octanol–water partition coefficient (Wildman–Crippen LogP) is 5.25. The molecule has 0 aliphatic carbocycles. The van der Waals surface area contributed by atoms with Crippen molar-refractivity contribution >= 4 is 39.3 Å². The van der Waals surface area contributed by atoms with Crippen molar-refractivity contribution in [2.24, 2.45) is 0 Å². The van der Waals surface area contributed by atoms with Crippen molar-refractivity contribution in [2.45, 2.75) is 38.6 Å². The first kappa shape index (κ1) is 23.1. The van der Waals surface area contributed by atoms with Crippen molar-refractivity contribution < 1.29 is 14.3 Å². The van der Waals surface area contributed by atoms with E-state index >= 15 is 0 Å². The Bertz CT molecular complexity index is 1040. The summed E-state index contributed by atoms with van der Waals surface area (Å²) in [5.41, 5.74) is 1.83. The molecule has 9 heteroatoms. The van der Waals surface area contributed by atoms with Gasteiger partial charge in [-0.25, -0.2) is 0 Å². The fourth-order valence-electron chi connectivity index (χ4n) is 2.97. The molecule has 0 fully saturated rings. The van der Waals surface area contributed by atoms with E-state index in [0.717, 1.165) is 27.2 Å². The van der Waals surface area contributed by atoms with Crippen LogP contribution >= 0.6 is 27.7 Å². The summed E-state index contributed by atoms with van der Waals surface area (Å²) in [6, 6.07) is 13.1. The van der Waals surface area contributed by atoms with Crippen molar-refractivity contribution in [1.82, 2.24) is 14.8 Å². The summed E-state index contributed by atoms with van der Waals surface area (Å²) in [6.07, 6.45) is -0.297. The number of carbonyl (C=O) groups is 1. The number of aryl methyl sites for hydroxylation is 1. The first-order valence-corrected chi connectivity index (χ1v) is 11.6. The number of halogens is 1. The van der Waals surface area contributed by atoms with Gasteiger partial charge in [0.1, 0.15) is 11.5 Å². The number of hydrogen-bond donors (Lipinski definition) is 1. The van der Waals surface area contributed by atoms with Gasteiger partial charge in [-0.05, 0) is 68.8 Å². The highest BCUT2D eigenvalue weighted by Crippen LogP contribution is 2.26. The van der Waals surface area contributed by atoms with Crippen LogP contribution in [0, 0.1) is 6.92 Å². The van der Waals surface area contributed by atoms with Crippen LogP contribution in [0.5, 0.6) is 11.5 Å². The number of anilines is 1. The zero-order valence-corrected chi connectivity index (χ0v) is 20.3. The van der Waals surface area contributed by atoms with Gasteiger partial charge in [0.2, 0.25) is 5.91 Å². The van der Waals surface area contributed by atoms with E-state index in [1.807, 2.05) is 67.8 Å². The Morgan fingerprint density at radius 2 is 1.90 bits per heavy atom. The maximum atomic E-state index is 12.4. The molecule has 164 valence electrons. The second-order valence-corrected chi connectivity index (χ2v) is 8.62. The highest BCUT2D eigenvalue weighted by Gasteiger charge is 2.19. The molecule has 1 aromatic heterocycles. The molecule has 1 atom stereocenters. The minimum Gasteiger partial charge on any atom is -0.497 e. The summed E-state index contributed by atoms with van der Waals surface area (Å²) in [7, 11) is 1.63. The van der Waals surface area contributed by atoms with Gasteiger partial charge in [0.25, 0.3) is 0 Å². The third kappa shape index (κ3) is 6.01. The second kappa shape index (κ2) is 10.7. The second-order valence-electron chi connectivity index (χ2n) is 6.82. The molecule has 0 aliphatic rings. The summed E-state index contributed by atoms with van der Waals surface area (Å²) in [5, 5.41) is 12.2. The number of methoxy groups -OCH3 is 1. The first-order chi connectivity index (χ1) is 14.9. The number of thioether (sulfide) groups is 1. The predicted molar refractivity (Wildman–Crippen MR) is 126 cm³/mol. The van der Waals surface area contributed by atoms with Gasteiger partial charge in [0.05, 0.1) is 12.9 Å². The van der Waals surface area contributed by atoms with Crippen molar-refractivity contribution in [2.75, 3.05) is 18.2 Å². The van der Waals surface area contributed by atoms with Gasteiger partial charge in [0.15, 0.2) is 17.1 Å². The van der Waals surface area contributed by atoms with Gasteiger partial charge in [-0.2, -0.15) is 0 Å². The summed E-state index contributed by atoms with van der Waals surface area (Å²) in [4.78, 5) is 12.4. The SMILES string of the molecule is CCn1c(SCC(=O)Nc2ccc(Br)c(C)c2)nnc1C(C)Oc1ccc(OC)cc1. The summed E-state index contributed by atoms with van der Waals surface area (Å²) >= 11 is 4.82. The highest BCUT2D eigenvalue weighted by molar-refractivity contribution is 9.10. The largest absolute Gasteiger partial charge is 0.497 e. The lowest BCUT2D eigenvalue weighted by molar-refractivity contribution is -0.113. The highest BCUT2D eigenvalue weighted by atomic mass is 79.9. The van der Waals surface area contributed by atoms with E-state index in [2.05, 4.69) is 31.4 Å². The number of hydrogen-bond acceptors (Lipinski definition) is 6. The fraction of sp³-hybridized carbons (Fsp3) is 0.318. The molecule has 3 aromatic rings. The van der Waals surface area contributed by atoms with Crippen molar-refractivity contribution in [3.05, 3.63) is 58.3 Å². The number of amides is 1. The molecule has 2 aromatic carbocycles. The molecule has 1 heterocycles. The van der Waals surface area contributed by atoms with E-state index < -0.39 is 0 Å². The van der Waals surface area contributed by atoms with Crippen LogP contribution in [0.4, 0.5) is 5.69 Å². The van der Waals surface area contributed by atoms with Gasteiger partial charge >= 0.3 is 0 Å². The van der Waals surface area contributed by atoms with Crippen molar-refractivity contribution in [3.63, 3.8) is 0 Å². The Balaban J connectivity index is 1.61. The topological polar surface area (TPSA) is 78.3 Å². The van der Waals surface area contributed by atoms with E-state index in [1.165, 1.54) is 11.8 Å². The number of benzene rings is 2. The number of nitrogens with zero attached hydrogens (tertiary/aromatic N) is 3. The zero-order chi connectivity index (χ0) is 22.4. The molecule has 0 radical (unpaired) electrons. The average Bonchev–Trinajstić information content (AvgIpc) is 3.18. The smallest absolute Gasteiger partial charge is 0.234 e. The molecule has 7 nitrogen and oxygen atoms in total. The van der Waals surface area contributed by atoms with Crippen LogP contribution in [0.15, 0.2) is 52.1 Å². The minimum atomic E-state index is -0.297. The number of aromatic nitrogens is 3. The van der Waals surface area contributed by atoms with Crippen LogP contribution in [0.25, 0.3) is 0 Å². The van der Waals surface area contributed by atoms with Gasteiger partial charge < -0.3 is 19.4 Å². The van der Waals surface area contributed by atoms with Crippen molar-refractivity contribution in [1.29, 1.82) is 0 Å². The Labute approximate surface area is 194 Å². The molecule has 0 spiro atoms. The lowest BCUT2D eigenvalue weighted by atomic mass is 10.2. The molecular formula is C22H25BrN4O3S. The standard InChI is InChI=1S/C22H25BrN4O3S/c1-5-27-21(15(3)30-18-9-7-17(29-4)8-10-18)25-26-22(27)31-13-20(28)24-16-6-11-19(23)14(2)12-16/h6-12,15H,5,13H2,1-4H3,(H,24,28). The summed E-state index contributed by atoms with van der Waals surface area (Å²) < 4.78 is 14.2. The molecule has 31 heavy (non-hydrogen) atoms. The normalized spacial score (nSPS) is 11.8. The van der Waals surface area contributed by atoms with Gasteiger partial charge in [-0.1, -0.05) is 27.7 Å². The quantitative estimate of drug-likeness (QED) is 0.401. The molecule has 1 N–H and O–H groups in total. The van der Waals surface area contributed by atoms with Crippen LogP contribution in [-0.2, 0) is 11.3 Å². The summed E-state index contributed by atoms with van der Waals surface area (Å²) in [6.45, 7) is 6.60. The fourth-order valence-corrected chi connectivity index (χ4v) is 4.02. The lowest BCUT2D eigenvalue weighted by Gasteiger charge is -2.16. The molecular weight excluding hydrogens is 480 g/mol. The van der Waals surface area contributed by atoms with Crippen LogP contribution in [-0.4, -0.2) is 33.5 Å². The first-order valence-electron chi connectivity index (χ1n) is 9.83. The Morgan fingerprint density at radius 1 is 1.19 bits per heavy atom. The van der Waals surface area contributed by atoms with Crippen LogP contribution < -0.4 is 14.8 Å². The van der Waals surface area contributed by atoms with Crippen molar-refractivity contribution in [3.8, 4) is 11.5 Å². The monoisotopic (exact) mass is 504 g/mol. The van der Waals surface area contributed by atoms with Gasteiger partial charge in [-0.15, -0.1) is 10.2 Å². The molecule has 0 saturated carbocycles. The van der Waals surface area contributed by atoms with E-state index in [9.17, 15) is 4.79 Å². The molecule has 0 aliphatic heterocycles. The lowest BCUT2D eigenvalue weighted by Crippen LogP contribution is -2.15. The van der Waals surface area contributed by atoms with E-state index in [4.69, 9.17) is 9.47 Å². The number of carbonyl (C=O) groups excluding carboxylic acids is 1. The Hall–Kier alpha value is -2.52. The van der Waals surface area contributed by atoms with E-state index in [1.54, 1.807) is 7.11 Å². The van der Waals surface area contributed by atoms with E-state index in [-0.39, 0.29) is 17.8 Å². The van der Waals surface area contributed by atoms with Crippen LogP contribution in [0.1, 0.15) is 31.3 Å². The zero-order valence-electron chi connectivity index (χ0n) is 17.9. The van der Waals surface area contributed by atoms with Gasteiger partial charge in [0, 0.05) is 16.7 Å². The molecule has 1 unspecified atom stereocenters. The van der Waals surface area contributed by atoms with Crippen LogP contribution in [0.3, 0.4) is 0 Å². The number of rotatable bonds is 9. The number of ether oxygens (including phenoxy) is 2. The molecule has 1 amide bonds. The summed E-state index contributed by atoms with van der Waals surface area (Å²) in [5.74, 6) is 2.34. The third-order valence-corrected chi connectivity index (χ3v) is 6.43. The number of nitrogens with one attached hydrogen (secondary N) is 1. The maximum Gasteiger partial charge on any atom is 0.234 e.